The van der Waals surface area contributed by atoms with Crippen LogP contribution in [0.3, 0.4) is 0 Å². The number of aliphatic hydroxyl groups is 2. The van der Waals surface area contributed by atoms with Crippen LogP contribution in [0.15, 0.2) is 67.8 Å². The fourth-order valence-corrected chi connectivity index (χ4v) is 18.0. The average Bonchev–Trinajstić information content (AvgIpc) is 1.76. The topological polar surface area (TPSA) is 498 Å². The largest absolute Gasteiger partial charge is 2.00 e. The Bertz CT molecular complexity index is 3830. The quantitative estimate of drug-likeness (QED) is 0.0324. The summed E-state index contributed by atoms with van der Waals surface area (Å²) < 4.78 is 22.7. The molecule has 2 amide bonds. The van der Waals surface area contributed by atoms with E-state index < -0.39 is 67.1 Å². The van der Waals surface area contributed by atoms with Crippen LogP contribution >= 0.6 is 0 Å². The molecule has 0 spiro atoms. The molecule has 2 aliphatic heterocycles. The van der Waals surface area contributed by atoms with Crippen LogP contribution in [0.1, 0.15) is 362 Å². The predicted molar refractivity (Wildman–Crippen MR) is 549 cm³/mol. The van der Waals surface area contributed by atoms with Crippen molar-refractivity contribution < 1.29 is 130 Å². The summed E-state index contributed by atoms with van der Waals surface area (Å²) in [5, 5.41) is 107. The summed E-state index contributed by atoms with van der Waals surface area (Å²) >= 11 is 0. The minimum atomic E-state index is -1.66. The van der Waals surface area contributed by atoms with Gasteiger partial charge >= 0.3 is 77.1 Å². The van der Waals surface area contributed by atoms with Crippen molar-refractivity contribution >= 4 is 106 Å². The van der Waals surface area contributed by atoms with Gasteiger partial charge in [0.1, 0.15) is 22.4 Å². The minimum absolute atomic E-state index is 0. The number of allylic oxidation sites excluding steroid dienone is 7. The Hall–Kier alpha value is -4.23. The molecule has 2 heterocycles. The van der Waals surface area contributed by atoms with E-state index in [1.54, 1.807) is 19.1 Å². The third-order valence-electron chi connectivity index (χ3n) is 31.3. The van der Waals surface area contributed by atoms with E-state index in [1.165, 1.54) is 28.0 Å². The Morgan fingerprint density at radius 3 is 1.23 bits per heavy atom. The van der Waals surface area contributed by atoms with Crippen molar-refractivity contribution in [3.63, 3.8) is 0 Å². The molecule has 7 fully saturated rings. The van der Waals surface area contributed by atoms with E-state index >= 15 is 0 Å². The molecule has 5 saturated carbocycles. The zero-order valence-corrected chi connectivity index (χ0v) is 91.8. The number of carbonyl (C=O) groups is 8. The molecule has 14 unspecified atom stereocenters. The number of hydrogen-bond donors (Lipinski definition) is 16. The molecule has 0 aromatic carbocycles. The van der Waals surface area contributed by atoms with Crippen LogP contribution in [0.25, 0.3) is 0 Å². The number of halogens is 1. The second kappa shape index (κ2) is 55.9. The first-order valence-electron chi connectivity index (χ1n) is 48.8. The fourth-order valence-electron chi connectivity index (χ4n) is 18.0. The molecule has 28 nitrogen and oxygen atoms in total. The van der Waals surface area contributed by atoms with E-state index in [9.17, 15) is 48.6 Å². The number of nitrogens with two attached hydrogens (primary N) is 3. The van der Waals surface area contributed by atoms with Gasteiger partial charge in [-0.3, -0.25) is 40.1 Å². The number of aliphatic carboxylic acids is 3. The van der Waals surface area contributed by atoms with Crippen molar-refractivity contribution in [2.75, 3.05) is 0 Å². The van der Waals surface area contributed by atoms with Crippen LogP contribution in [-0.2, 0) is 57.0 Å². The summed E-state index contributed by atoms with van der Waals surface area (Å²) in [4.78, 5) is 92.5. The van der Waals surface area contributed by atoms with Crippen LogP contribution in [0.2, 0.25) is 25.3 Å². The molecule has 19 N–H and O–H groups in total. The first kappa shape index (κ1) is 137. The van der Waals surface area contributed by atoms with Crippen molar-refractivity contribution in [1.29, 1.82) is 0 Å². The van der Waals surface area contributed by atoms with Gasteiger partial charge in [0.25, 0.3) is 0 Å². The monoisotopic (exact) mass is 2010 g/mol. The number of carboxylic acids is 3. The number of carboxylic acid groups (broad SMARTS) is 3. The Balaban J connectivity index is -0.00000150. The summed E-state index contributed by atoms with van der Waals surface area (Å²) in [5.74, 6) is -0.283. The normalized spacial score (nSPS) is 31.1. The summed E-state index contributed by atoms with van der Waals surface area (Å²) in [5.41, 5.74) is 8.63. The first-order valence-corrected chi connectivity index (χ1v) is 48.8. The molecule has 137 heavy (non-hydrogen) atoms. The predicted octanol–water partition coefficient (Wildman–Crippen LogP) is 12.5. The van der Waals surface area contributed by atoms with Crippen LogP contribution in [0.5, 0.6) is 0 Å². The second-order valence-electron chi connectivity index (χ2n) is 47.3. The van der Waals surface area contributed by atoms with Crippen LogP contribution < -0.4 is 44.8 Å². The van der Waals surface area contributed by atoms with Gasteiger partial charge in [0.2, 0.25) is 11.8 Å². The molecule has 14 atom stereocenters. The Labute approximate surface area is 854 Å². The van der Waals surface area contributed by atoms with Gasteiger partial charge in [-0.15, -0.1) is 13.2 Å². The number of amides is 2. The molecule has 0 bridgehead atoms. The van der Waals surface area contributed by atoms with E-state index in [-0.39, 0.29) is 199 Å². The Kier molecular flexibility index (Phi) is 55.9. The van der Waals surface area contributed by atoms with Gasteiger partial charge in [-0.1, -0.05) is 140 Å². The minimum Gasteiger partial charge on any atom is -1.00 e. The van der Waals surface area contributed by atoms with Gasteiger partial charge in [0.05, 0.1) is 44.4 Å². The van der Waals surface area contributed by atoms with E-state index in [0.29, 0.717) is 86.9 Å². The third kappa shape index (κ3) is 41.0. The van der Waals surface area contributed by atoms with Crippen molar-refractivity contribution in [3.8, 4) is 0 Å². The summed E-state index contributed by atoms with van der Waals surface area (Å²) in [6, 6.07) is 0. The molecular formula is C102H186B5BrMgN5O23. The summed E-state index contributed by atoms with van der Waals surface area (Å²) in [7, 11) is -2.81. The Morgan fingerprint density at radius 2 is 0.898 bits per heavy atom. The van der Waals surface area contributed by atoms with Gasteiger partial charge in [0.15, 0.2) is 11.6 Å². The van der Waals surface area contributed by atoms with E-state index in [1.807, 2.05) is 113 Å². The third-order valence-corrected chi connectivity index (χ3v) is 31.3. The van der Waals surface area contributed by atoms with Crippen molar-refractivity contribution in [3.05, 3.63) is 74.4 Å². The number of hydrogen-bond acceptors (Lipinski definition) is 23. The number of carbonyl (C=O) groups excluding carboxylic acids is 5. The molecule has 35 heteroatoms. The molecule has 1 radical (unpaired) electrons. The van der Waals surface area contributed by atoms with Gasteiger partial charge in [0, 0.05) is 34.2 Å². The van der Waals surface area contributed by atoms with Crippen LogP contribution in [0.4, 0.5) is 0 Å². The molecule has 0 aromatic heterocycles. The molecule has 781 valence electrons. The molecule has 10 aliphatic rings. The van der Waals surface area contributed by atoms with Crippen LogP contribution in [-0.4, -0.2) is 223 Å². The van der Waals surface area contributed by atoms with E-state index in [2.05, 4.69) is 127 Å². The molecular weight excluding hydrogens is 1820 g/mol. The Morgan fingerprint density at radius 1 is 0.518 bits per heavy atom. The van der Waals surface area contributed by atoms with Gasteiger partial charge in [-0.05, 0) is 335 Å². The van der Waals surface area contributed by atoms with Gasteiger partial charge in [-0.2, -0.15) is 0 Å². The van der Waals surface area contributed by atoms with Gasteiger partial charge in [-0.25, -0.2) is 4.79 Å². The standard InChI is InChI=1S/C22H42BNO3.C16H29NO.2C10H20BNO5.C10H18BNO4.C10H16O.C8H12O.C7H10O.C6H12BO2.C2H3.CH4.BrH.Mg/c1-18(2,3)24-17(25)22(10)15-16(11-13-19(22,4)5)12-14-23-26-20(6,7)21(8,9)27-23;1-8-12-9-10-15(5,6)16(7,11-12)13(18)17-14(2,3)4;2*1-9(15)4-2-7(3-5-11(16)17)6-10(9,12)8(13)14;1-7-2-3-8(4-5-11(15)16)6-10(7,12)9(13)14;1-4-8-5-6-10(2,3)9(11)7-8;1-8(2)6-4-3-5-7(8)9;1-6-4-2-3-5-7(6)8;1-5(2)6(3,4)9-7-8-5;1-2;;;/h16H,11-15H2,1-10H3,(H,24,25);8,12H,1,9-11H2,2-7H3,(H,17,18);2*7,15-17H,2-6,12H2,1H3,(H,13,14);2,8,15-16H,3-6,12H2,1H3,(H,13,14);4,8H,1,5-7H2,2-3H3;3,5H,4,6H2,1-2H3;3,5-6H,2,4H2,1H3;1-4H3;1H,2H2;1H4;1H;/q;;;;;;;;;-1;;;+2/p-1. The van der Waals surface area contributed by atoms with Crippen LogP contribution in [0, 0.1) is 80.5 Å². The van der Waals surface area contributed by atoms with Gasteiger partial charge < -0.3 is 126 Å². The smallest absolute Gasteiger partial charge is 1.00 e. The summed E-state index contributed by atoms with van der Waals surface area (Å²) in [6.45, 7) is 71.2. The molecule has 0 aromatic rings. The molecule has 2 saturated heterocycles. The van der Waals surface area contributed by atoms with E-state index in [4.69, 9.17) is 81.3 Å². The SMILES string of the molecule is C.C=CC1CCC(C)(C)C(=O)C1.C=CC1CCC(C)(C)C(C)(C(=O)NC(C)(C)C)C1.CC(C)(C)NC(=O)C1(C)CC(CCB2OC(C)(C)C(C)(C)O2)CCC1(C)C.CC1(C)CCC=CC1=O.CC1(C)O[B]OC1(C)C.CC1(O)CCC(CCB(O)O)CC1(N)C(=O)O.CC1(O)CCC(CCB(O)O)CC1(N)C(=O)O.CC1=CCC(CCB(O)O)CC1(N)C(=O)O.CC1CCC=CC1=O.[Br-].[CH-]=C.[Mg+2]. The van der Waals surface area contributed by atoms with Crippen molar-refractivity contribution in [1.82, 2.24) is 10.6 Å². The number of nitrogens with one attached hydrogen (secondary N) is 2. The molecule has 8 aliphatic carbocycles. The van der Waals surface area contributed by atoms with Crippen molar-refractivity contribution in [2.24, 2.45) is 91.1 Å². The fraction of sp³-hybridized carbons (Fsp3) is 0.804. The summed E-state index contributed by atoms with van der Waals surface area (Å²) in [6.07, 6.45) is 33.9. The van der Waals surface area contributed by atoms with E-state index in [0.717, 1.165) is 89.8 Å². The number of Topliss-reactive ketones (excluding diaryl/α,β-unsaturated/α-hetero) is 1. The maximum atomic E-state index is 13.2. The average molecular weight is 2010 g/mol. The zero-order chi connectivity index (χ0) is 104. The molecule has 10 rings (SSSR count). The maximum absolute atomic E-state index is 13.2. The maximum Gasteiger partial charge on any atom is 2.00 e. The zero-order valence-electron chi connectivity index (χ0n) is 88.8. The number of ketones is 3. The van der Waals surface area contributed by atoms with Crippen molar-refractivity contribution in [2.45, 2.75) is 448 Å². The first-order chi connectivity index (χ1) is 60.7. The number of rotatable bonds is 19. The second-order valence-corrected chi connectivity index (χ2v) is 47.3.